The van der Waals surface area contributed by atoms with Gasteiger partial charge in [-0.1, -0.05) is 18.2 Å². The molecule has 0 saturated carbocycles. The highest BCUT2D eigenvalue weighted by atomic mass is 32.2. The van der Waals surface area contributed by atoms with E-state index < -0.39 is 0 Å². The first kappa shape index (κ1) is 12.1. The van der Waals surface area contributed by atoms with E-state index in [-0.39, 0.29) is 0 Å². The fourth-order valence-corrected chi connectivity index (χ4v) is 4.08. The molecule has 1 unspecified atom stereocenters. The zero-order valence-corrected chi connectivity index (χ0v) is 11.4. The fourth-order valence-electron chi connectivity index (χ4n) is 2.92. The number of carbonyl (C=O) groups excluding carboxylic acids is 1. The standard InChI is InChI=1S/C15H19NOS/c17-15(10-12-4-3-9-18-11-12)16-8-7-13-5-1-2-6-14(13)16/h1-2,5-6,12H,3-4,7-11H2. The molecule has 2 aliphatic heterocycles. The number of hydrogen-bond donors (Lipinski definition) is 0. The van der Waals surface area contributed by atoms with E-state index in [0.717, 1.165) is 25.1 Å². The minimum absolute atomic E-state index is 0.326. The molecule has 3 rings (SSSR count). The van der Waals surface area contributed by atoms with Gasteiger partial charge >= 0.3 is 0 Å². The van der Waals surface area contributed by atoms with Gasteiger partial charge in [-0.15, -0.1) is 0 Å². The Balaban J connectivity index is 1.67. The average Bonchev–Trinajstić information content (AvgIpc) is 2.84. The molecule has 1 atom stereocenters. The van der Waals surface area contributed by atoms with Gasteiger partial charge in [-0.2, -0.15) is 11.8 Å². The summed E-state index contributed by atoms with van der Waals surface area (Å²) in [7, 11) is 0. The van der Waals surface area contributed by atoms with E-state index in [1.54, 1.807) is 0 Å². The van der Waals surface area contributed by atoms with Gasteiger partial charge in [-0.25, -0.2) is 0 Å². The molecule has 0 radical (unpaired) electrons. The van der Waals surface area contributed by atoms with Crippen LogP contribution in [0.25, 0.3) is 0 Å². The van der Waals surface area contributed by atoms with Crippen molar-refractivity contribution in [2.24, 2.45) is 5.92 Å². The van der Waals surface area contributed by atoms with Crippen molar-refractivity contribution >= 4 is 23.4 Å². The van der Waals surface area contributed by atoms with Crippen LogP contribution in [0.15, 0.2) is 24.3 Å². The van der Waals surface area contributed by atoms with Crippen LogP contribution in [0.5, 0.6) is 0 Å². The predicted octanol–water partition coefficient (Wildman–Crippen LogP) is 3.11. The second-order valence-electron chi connectivity index (χ2n) is 5.21. The molecule has 0 aromatic heterocycles. The molecular weight excluding hydrogens is 242 g/mol. The Kier molecular flexibility index (Phi) is 3.59. The van der Waals surface area contributed by atoms with Crippen molar-refractivity contribution < 1.29 is 4.79 Å². The SMILES string of the molecule is O=C(CC1CCCSC1)N1CCc2ccccc21. The summed E-state index contributed by atoms with van der Waals surface area (Å²) < 4.78 is 0. The molecule has 0 bridgehead atoms. The number of hydrogen-bond acceptors (Lipinski definition) is 2. The minimum atomic E-state index is 0.326. The Hall–Kier alpha value is -0.960. The fraction of sp³-hybridized carbons (Fsp3) is 0.533. The van der Waals surface area contributed by atoms with Crippen LogP contribution in [0.2, 0.25) is 0 Å². The highest BCUT2D eigenvalue weighted by molar-refractivity contribution is 7.99. The van der Waals surface area contributed by atoms with Crippen LogP contribution in [0, 0.1) is 5.92 Å². The largest absolute Gasteiger partial charge is 0.312 e. The number of benzene rings is 1. The van der Waals surface area contributed by atoms with Crippen molar-refractivity contribution in [2.75, 3.05) is 23.0 Å². The van der Waals surface area contributed by atoms with Gasteiger partial charge in [0.15, 0.2) is 0 Å². The summed E-state index contributed by atoms with van der Waals surface area (Å²) in [5.41, 5.74) is 2.47. The van der Waals surface area contributed by atoms with E-state index >= 15 is 0 Å². The van der Waals surface area contributed by atoms with Crippen molar-refractivity contribution in [3.8, 4) is 0 Å². The molecule has 1 aromatic rings. The quantitative estimate of drug-likeness (QED) is 0.815. The lowest BCUT2D eigenvalue weighted by atomic mass is 10.0. The summed E-state index contributed by atoms with van der Waals surface area (Å²) in [4.78, 5) is 14.4. The molecule has 1 fully saturated rings. The van der Waals surface area contributed by atoms with Crippen molar-refractivity contribution in [3.63, 3.8) is 0 Å². The summed E-state index contributed by atoms with van der Waals surface area (Å²) in [6, 6.07) is 8.31. The number of fused-ring (bicyclic) bond motifs is 1. The van der Waals surface area contributed by atoms with Crippen molar-refractivity contribution in [3.05, 3.63) is 29.8 Å². The van der Waals surface area contributed by atoms with Gasteiger partial charge in [-0.3, -0.25) is 4.79 Å². The van der Waals surface area contributed by atoms with Gasteiger partial charge in [0.05, 0.1) is 0 Å². The maximum atomic E-state index is 12.4. The lowest BCUT2D eigenvalue weighted by Crippen LogP contribution is -2.31. The van der Waals surface area contributed by atoms with Crippen LogP contribution in [0.1, 0.15) is 24.8 Å². The molecule has 1 aromatic carbocycles. The molecule has 0 aliphatic carbocycles. The molecule has 0 spiro atoms. The minimum Gasteiger partial charge on any atom is -0.312 e. The Bertz CT molecular complexity index is 440. The third-order valence-corrected chi connectivity index (χ3v) is 5.19. The van der Waals surface area contributed by atoms with Gasteiger partial charge in [0, 0.05) is 18.7 Å². The molecule has 1 saturated heterocycles. The van der Waals surface area contributed by atoms with Crippen molar-refractivity contribution in [2.45, 2.75) is 25.7 Å². The lowest BCUT2D eigenvalue weighted by molar-refractivity contribution is -0.119. The molecular formula is C15H19NOS. The summed E-state index contributed by atoms with van der Waals surface area (Å²) in [6.07, 6.45) is 4.26. The van der Waals surface area contributed by atoms with E-state index in [9.17, 15) is 4.79 Å². The normalized spacial score (nSPS) is 22.9. The number of amides is 1. The van der Waals surface area contributed by atoms with E-state index in [0.29, 0.717) is 11.8 Å². The van der Waals surface area contributed by atoms with Gasteiger partial charge < -0.3 is 4.90 Å². The molecule has 2 nitrogen and oxygen atoms in total. The Morgan fingerprint density at radius 3 is 3.11 bits per heavy atom. The molecule has 18 heavy (non-hydrogen) atoms. The first-order valence-corrected chi connectivity index (χ1v) is 7.96. The second kappa shape index (κ2) is 5.35. The van der Waals surface area contributed by atoms with Crippen LogP contribution in [-0.2, 0) is 11.2 Å². The van der Waals surface area contributed by atoms with Gasteiger partial charge in [0.25, 0.3) is 0 Å². The van der Waals surface area contributed by atoms with Crippen LogP contribution in [-0.4, -0.2) is 24.0 Å². The first-order valence-electron chi connectivity index (χ1n) is 6.80. The monoisotopic (exact) mass is 261 g/mol. The lowest BCUT2D eigenvalue weighted by Gasteiger charge is -2.24. The van der Waals surface area contributed by atoms with E-state index in [4.69, 9.17) is 0 Å². The zero-order valence-electron chi connectivity index (χ0n) is 10.6. The third kappa shape index (κ3) is 2.41. The zero-order chi connectivity index (χ0) is 12.4. The summed E-state index contributed by atoms with van der Waals surface area (Å²) in [5.74, 6) is 3.37. The van der Waals surface area contributed by atoms with Crippen LogP contribution in [0.3, 0.4) is 0 Å². The smallest absolute Gasteiger partial charge is 0.227 e. The number of rotatable bonds is 2. The number of para-hydroxylation sites is 1. The van der Waals surface area contributed by atoms with Crippen molar-refractivity contribution in [1.82, 2.24) is 0 Å². The number of carbonyl (C=O) groups is 1. The van der Waals surface area contributed by atoms with Gasteiger partial charge in [0.1, 0.15) is 0 Å². The van der Waals surface area contributed by atoms with Crippen LogP contribution in [0.4, 0.5) is 5.69 Å². The number of nitrogens with zero attached hydrogens (tertiary/aromatic N) is 1. The molecule has 2 aliphatic rings. The molecule has 3 heteroatoms. The number of thioether (sulfide) groups is 1. The predicted molar refractivity (Wildman–Crippen MR) is 77.2 cm³/mol. The summed E-state index contributed by atoms with van der Waals surface area (Å²) in [6.45, 7) is 0.873. The van der Waals surface area contributed by atoms with E-state index in [1.165, 1.54) is 29.9 Å². The summed E-state index contributed by atoms with van der Waals surface area (Å²) in [5, 5.41) is 0. The number of anilines is 1. The van der Waals surface area contributed by atoms with Gasteiger partial charge in [0.2, 0.25) is 5.91 Å². The highest BCUT2D eigenvalue weighted by Gasteiger charge is 2.26. The second-order valence-corrected chi connectivity index (χ2v) is 6.36. The molecule has 2 heterocycles. The highest BCUT2D eigenvalue weighted by Crippen LogP contribution is 2.30. The Morgan fingerprint density at radius 1 is 1.39 bits per heavy atom. The Morgan fingerprint density at radius 2 is 2.28 bits per heavy atom. The maximum absolute atomic E-state index is 12.4. The van der Waals surface area contributed by atoms with Crippen LogP contribution < -0.4 is 4.90 Å². The maximum Gasteiger partial charge on any atom is 0.227 e. The average molecular weight is 261 g/mol. The Labute approximate surface area is 113 Å². The summed E-state index contributed by atoms with van der Waals surface area (Å²) >= 11 is 2.00. The van der Waals surface area contributed by atoms with Gasteiger partial charge in [-0.05, 0) is 48.3 Å². The van der Waals surface area contributed by atoms with Crippen LogP contribution >= 0.6 is 11.8 Å². The van der Waals surface area contributed by atoms with E-state index in [1.807, 2.05) is 22.7 Å². The third-order valence-electron chi connectivity index (χ3n) is 3.91. The first-order chi connectivity index (χ1) is 8.84. The molecule has 1 amide bonds. The van der Waals surface area contributed by atoms with Crippen molar-refractivity contribution in [1.29, 1.82) is 0 Å². The molecule has 96 valence electrons. The van der Waals surface area contributed by atoms with E-state index in [2.05, 4.69) is 18.2 Å². The topological polar surface area (TPSA) is 20.3 Å². The molecule has 0 N–H and O–H groups in total.